The summed E-state index contributed by atoms with van der Waals surface area (Å²) in [5.41, 5.74) is 4.01. The molecular formula is C25H23N5O2. The van der Waals surface area contributed by atoms with Crippen molar-refractivity contribution in [3.05, 3.63) is 90.3 Å². The Kier molecular flexibility index (Phi) is 6.36. The minimum Gasteiger partial charge on any atom is -0.438 e. The van der Waals surface area contributed by atoms with Crippen LogP contribution in [0.25, 0.3) is 11.3 Å². The van der Waals surface area contributed by atoms with Crippen molar-refractivity contribution in [2.75, 3.05) is 17.7 Å². The molecule has 0 atom stereocenters. The van der Waals surface area contributed by atoms with E-state index in [1.54, 1.807) is 19.4 Å². The van der Waals surface area contributed by atoms with E-state index in [9.17, 15) is 4.79 Å². The van der Waals surface area contributed by atoms with Gasteiger partial charge < -0.3 is 15.4 Å². The molecule has 2 aromatic carbocycles. The second-order valence-electron chi connectivity index (χ2n) is 7.16. The topological polar surface area (TPSA) is 89.0 Å². The van der Waals surface area contributed by atoms with E-state index in [-0.39, 0.29) is 5.91 Å². The highest BCUT2D eigenvalue weighted by atomic mass is 16.5. The van der Waals surface area contributed by atoms with E-state index in [0.29, 0.717) is 35.4 Å². The molecule has 0 bridgehead atoms. The maximum atomic E-state index is 12.4. The average Bonchev–Trinajstić information content (AvgIpc) is 2.82. The summed E-state index contributed by atoms with van der Waals surface area (Å²) in [7, 11) is 1.77. The van der Waals surface area contributed by atoms with Gasteiger partial charge in [-0.2, -0.15) is 0 Å². The average molecular weight is 425 g/mol. The Balaban J connectivity index is 1.50. The van der Waals surface area contributed by atoms with Gasteiger partial charge in [0, 0.05) is 25.1 Å². The molecule has 4 rings (SSSR count). The molecule has 0 saturated carbocycles. The van der Waals surface area contributed by atoms with Crippen LogP contribution in [0.1, 0.15) is 11.1 Å². The zero-order valence-corrected chi connectivity index (χ0v) is 17.9. The first-order valence-electron chi connectivity index (χ1n) is 10.2. The predicted octanol–water partition coefficient (Wildman–Crippen LogP) is 4.86. The quantitative estimate of drug-likeness (QED) is 0.439. The molecule has 0 aliphatic heterocycles. The van der Waals surface area contributed by atoms with Gasteiger partial charge in [0.15, 0.2) is 0 Å². The number of amides is 1. The van der Waals surface area contributed by atoms with Crippen LogP contribution in [0.15, 0.2) is 79.1 Å². The molecule has 0 aliphatic carbocycles. The van der Waals surface area contributed by atoms with Crippen LogP contribution in [-0.4, -0.2) is 27.9 Å². The van der Waals surface area contributed by atoms with Crippen LogP contribution in [0.2, 0.25) is 0 Å². The van der Waals surface area contributed by atoms with Gasteiger partial charge in [-0.1, -0.05) is 30.3 Å². The normalized spacial score (nSPS) is 10.4. The van der Waals surface area contributed by atoms with E-state index < -0.39 is 0 Å². The fourth-order valence-corrected chi connectivity index (χ4v) is 3.23. The summed E-state index contributed by atoms with van der Waals surface area (Å²) >= 11 is 0. The molecule has 0 aliphatic rings. The van der Waals surface area contributed by atoms with Gasteiger partial charge in [0.2, 0.25) is 17.7 Å². The van der Waals surface area contributed by atoms with Crippen LogP contribution in [-0.2, 0) is 11.2 Å². The SMILES string of the molecule is CNc1nccc(-c2cccnc2Oc2ccc(NC(=O)Cc3ccccc3)cc2C)n1. The zero-order chi connectivity index (χ0) is 22.3. The van der Waals surface area contributed by atoms with Crippen LogP contribution >= 0.6 is 0 Å². The van der Waals surface area contributed by atoms with Gasteiger partial charge in [-0.3, -0.25) is 4.79 Å². The van der Waals surface area contributed by atoms with Crippen molar-refractivity contribution in [3.63, 3.8) is 0 Å². The Hall–Kier alpha value is -4.26. The number of aromatic nitrogens is 3. The van der Waals surface area contributed by atoms with E-state index in [1.807, 2.05) is 73.7 Å². The molecule has 0 fully saturated rings. The van der Waals surface area contributed by atoms with Crippen molar-refractivity contribution in [1.82, 2.24) is 15.0 Å². The summed E-state index contributed by atoms with van der Waals surface area (Å²) < 4.78 is 6.12. The number of nitrogens with zero attached hydrogens (tertiary/aromatic N) is 3. The van der Waals surface area contributed by atoms with Crippen molar-refractivity contribution < 1.29 is 9.53 Å². The fourth-order valence-electron chi connectivity index (χ4n) is 3.23. The molecule has 32 heavy (non-hydrogen) atoms. The molecule has 4 aromatic rings. The van der Waals surface area contributed by atoms with E-state index in [0.717, 1.165) is 16.7 Å². The van der Waals surface area contributed by atoms with Gasteiger partial charge in [-0.15, -0.1) is 0 Å². The molecule has 2 N–H and O–H groups in total. The van der Waals surface area contributed by atoms with Crippen molar-refractivity contribution in [1.29, 1.82) is 0 Å². The van der Waals surface area contributed by atoms with Gasteiger partial charge in [-0.05, 0) is 54.4 Å². The standard InChI is InChI=1S/C25H23N5O2/c1-17-15-19(29-23(31)16-18-7-4-3-5-8-18)10-11-22(17)32-24-20(9-6-13-27-24)21-12-14-28-25(26-2)30-21/h3-15H,16H2,1-2H3,(H,29,31)(H,26,28,30). The number of carbonyl (C=O) groups is 1. The molecule has 160 valence electrons. The third-order valence-electron chi connectivity index (χ3n) is 4.80. The summed E-state index contributed by atoms with van der Waals surface area (Å²) in [5.74, 6) is 1.54. The number of ether oxygens (including phenoxy) is 1. The third kappa shape index (κ3) is 5.07. The number of aryl methyl sites for hydroxylation is 1. The van der Waals surface area contributed by atoms with Crippen molar-refractivity contribution in [2.45, 2.75) is 13.3 Å². The van der Waals surface area contributed by atoms with Crippen molar-refractivity contribution in [3.8, 4) is 22.9 Å². The number of benzene rings is 2. The first-order chi connectivity index (χ1) is 15.6. The highest BCUT2D eigenvalue weighted by Gasteiger charge is 2.13. The fraction of sp³-hybridized carbons (Fsp3) is 0.120. The molecule has 0 unspecified atom stereocenters. The number of anilines is 2. The number of hydrogen-bond acceptors (Lipinski definition) is 6. The lowest BCUT2D eigenvalue weighted by atomic mass is 10.1. The monoisotopic (exact) mass is 425 g/mol. The number of hydrogen-bond donors (Lipinski definition) is 2. The van der Waals surface area contributed by atoms with Crippen LogP contribution in [0, 0.1) is 6.92 Å². The van der Waals surface area contributed by atoms with Crippen molar-refractivity contribution in [2.24, 2.45) is 0 Å². The lowest BCUT2D eigenvalue weighted by molar-refractivity contribution is -0.115. The van der Waals surface area contributed by atoms with E-state index in [4.69, 9.17) is 4.74 Å². The highest BCUT2D eigenvalue weighted by Crippen LogP contribution is 2.32. The van der Waals surface area contributed by atoms with Crippen LogP contribution in [0.3, 0.4) is 0 Å². The molecule has 0 spiro atoms. The molecule has 2 aromatic heterocycles. The van der Waals surface area contributed by atoms with E-state index in [2.05, 4.69) is 25.6 Å². The Labute approximate surface area is 186 Å². The maximum absolute atomic E-state index is 12.4. The van der Waals surface area contributed by atoms with Crippen LogP contribution in [0.5, 0.6) is 11.6 Å². The predicted molar refractivity (Wildman–Crippen MR) is 125 cm³/mol. The number of nitrogens with one attached hydrogen (secondary N) is 2. The van der Waals surface area contributed by atoms with Gasteiger partial charge in [0.25, 0.3) is 0 Å². The first-order valence-corrected chi connectivity index (χ1v) is 10.2. The summed E-state index contributed by atoms with van der Waals surface area (Å²) in [4.78, 5) is 25.4. The molecule has 0 saturated heterocycles. The van der Waals surface area contributed by atoms with Gasteiger partial charge in [-0.25, -0.2) is 15.0 Å². The molecule has 1 amide bonds. The van der Waals surface area contributed by atoms with Crippen LogP contribution < -0.4 is 15.4 Å². The Bertz CT molecular complexity index is 1230. The van der Waals surface area contributed by atoms with E-state index >= 15 is 0 Å². The number of rotatable bonds is 7. The second-order valence-corrected chi connectivity index (χ2v) is 7.16. The molecule has 7 heteroatoms. The summed E-state index contributed by atoms with van der Waals surface area (Å²) in [6.45, 7) is 1.93. The Morgan fingerprint density at radius 2 is 1.81 bits per heavy atom. The Morgan fingerprint density at radius 1 is 0.969 bits per heavy atom. The minimum absolute atomic E-state index is 0.0691. The molecule has 0 radical (unpaired) electrons. The highest BCUT2D eigenvalue weighted by molar-refractivity contribution is 5.92. The van der Waals surface area contributed by atoms with Gasteiger partial charge in [0.05, 0.1) is 17.7 Å². The summed E-state index contributed by atoms with van der Waals surface area (Å²) in [6, 6.07) is 20.7. The van der Waals surface area contributed by atoms with Gasteiger partial charge >= 0.3 is 0 Å². The minimum atomic E-state index is -0.0691. The van der Waals surface area contributed by atoms with Crippen LogP contribution in [0.4, 0.5) is 11.6 Å². The lowest BCUT2D eigenvalue weighted by Gasteiger charge is -2.13. The van der Waals surface area contributed by atoms with E-state index in [1.165, 1.54) is 0 Å². The molecular weight excluding hydrogens is 402 g/mol. The number of pyridine rings is 1. The summed E-state index contributed by atoms with van der Waals surface area (Å²) in [6.07, 6.45) is 3.68. The Morgan fingerprint density at radius 3 is 2.59 bits per heavy atom. The maximum Gasteiger partial charge on any atom is 0.228 e. The third-order valence-corrected chi connectivity index (χ3v) is 4.80. The lowest BCUT2D eigenvalue weighted by Crippen LogP contribution is -2.14. The second kappa shape index (κ2) is 9.70. The smallest absolute Gasteiger partial charge is 0.228 e. The zero-order valence-electron chi connectivity index (χ0n) is 17.9. The van der Waals surface area contributed by atoms with Gasteiger partial charge in [0.1, 0.15) is 5.75 Å². The first kappa shape index (κ1) is 21.0. The largest absolute Gasteiger partial charge is 0.438 e. The van der Waals surface area contributed by atoms with Crippen molar-refractivity contribution >= 4 is 17.5 Å². The summed E-state index contributed by atoms with van der Waals surface area (Å²) in [5, 5.41) is 5.87. The molecule has 2 heterocycles. The number of carbonyl (C=O) groups excluding carboxylic acids is 1. The molecule has 7 nitrogen and oxygen atoms in total.